The van der Waals surface area contributed by atoms with Crippen molar-refractivity contribution >= 4 is 72.8 Å². The van der Waals surface area contributed by atoms with Crippen LogP contribution in [0.15, 0.2) is 182 Å². The molecule has 10 aromatic rings. The van der Waals surface area contributed by atoms with Crippen LogP contribution in [0.5, 0.6) is 0 Å². The molecule has 0 bridgehead atoms. The number of aromatic nitrogens is 2. The Morgan fingerprint density at radius 2 is 0.885 bits per heavy atom. The molecule has 4 heterocycles. The first-order valence-corrected chi connectivity index (χ1v) is 18.1. The van der Waals surface area contributed by atoms with Gasteiger partial charge in [0.05, 0.1) is 27.8 Å². The van der Waals surface area contributed by atoms with E-state index in [0.717, 1.165) is 5.69 Å². The SMILES string of the molecule is c1ccc(-n2c3ccccc3c3cc4c(cc32)c2ccc3c(c2n4-c2ccccc2)N2B(c4ccccc4-c4ccccc42)c2ccccc2-3)cc1. The monoisotopic (exact) mass is 659 g/mol. The van der Waals surface area contributed by atoms with Crippen molar-refractivity contribution in [2.24, 2.45) is 0 Å². The molecule has 0 fully saturated rings. The van der Waals surface area contributed by atoms with Gasteiger partial charge in [-0.05, 0) is 70.6 Å². The first kappa shape index (κ1) is 28.0. The number of rotatable bonds is 2. The van der Waals surface area contributed by atoms with Crippen LogP contribution in [0.2, 0.25) is 0 Å². The molecule has 2 aromatic heterocycles. The van der Waals surface area contributed by atoms with Crippen molar-refractivity contribution in [3.05, 3.63) is 182 Å². The molecule has 0 saturated heterocycles. The van der Waals surface area contributed by atoms with E-state index < -0.39 is 0 Å². The van der Waals surface area contributed by atoms with Crippen LogP contribution in [0, 0.1) is 0 Å². The van der Waals surface area contributed by atoms with E-state index in [9.17, 15) is 0 Å². The van der Waals surface area contributed by atoms with Gasteiger partial charge in [-0.15, -0.1) is 0 Å². The molecule has 240 valence electrons. The summed E-state index contributed by atoms with van der Waals surface area (Å²) < 4.78 is 4.96. The van der Waals surface area contributed by atoms with Crippen LogP contribution in [-0.2, 0) is 0 Å². The molecule has 0 amide bonds. The first-order valence-electron chi connectivity index (χ1n) is 18.1. The zero-order valence-electron chi connectivity index (χ0n) is 28.2. The van der Waals surface area contributed by atoms with Crippen molar-refractivity contribution in [1.82, 2.24) is 9.13 Å². The molecule has 3 nitrogen and oxygen atoms in total. The molecule has 2 aliphatic rings. The van der Waals surface area contributed by atoms with Crippen LogP contribution in [0.1, 0.15) is 0 Å². The van der Waals surface area contributed by atoms with Gasteiger partial charge in [0.25, 0.3) is 0 Å². The Morgan fingerprint density at radius 1 is 0.346 bits per heavy atom. The average molecular weight is 660 g/mol. The van der Waals surface area contributed by atoms with E-state index in [1.54, 1.807) is 0 Å². The summed E-state index contributed by atoms with van der Waals surface area (Å²) in [5.74, 6) is 0. The molecule has 0 N–H and O–H groups in total. The third-order valence-electron chi connectivity index (χ3n) is 11.5. The van der Waals surface area contributed by atoms with Crippen LogP contribution in [0.3, 0.4) is 0 Å². The Labute approximate surface area is 301 Å². The number of anilines is 2. The van der Waals surface area contributed by atoms with Gasteiger partial charge < -0.3 is 13.9 Å². The van der Waals surface area contributed by atoms with Crippen LogP contribution >= 0.6 is 0 Å². The average Bonchev–Trinajstić information content (AvgIpc) is 3.72. The van der Waals surface area contributed by atoms with Gasteiger partial charge in [-0.3, -0.25) is 0 Å². The summed E-state index contributed by atoms with van der Waals surface area (Å²) in [7, 11) is 0. The summed E-state index contributed by atoms with van der Waals surface area (Å²) in [6, 6.07) is 67.2. The van der Waals surface area contributed by atoms with Crippen molar-refractivity contribution in [2.75, 3.05) is 4.81 Å². The van der Waals surface area contributed by atoms with Gasteiger partial charge >= 0.3 is 6.85 Å². The fraction of sp³-hybridized carbons (Fsp3) is 0. The normalized spacial score (nSPS) is 12.9. The lowest BCUT2D eigenvalue weighted by atomic mass is 9.43. The van der Waals surface area contributed by atoms with Crippen LogP contribution in [0.25, 0.3) is 77.2 Å². The molecule has 4 heteroatoms. The molecule has 0 radical (unpaired) electrons. The topological polar surface area (TPSA) is 13.1 Å². The van der Waals surface area contributed by atoms with Crippen molar-refractivity contribution in [3.8, 4) is 33.6 Å². The summed E-state index contributed by atoms with van der Waals surface area (Å²) in [6.07, 6.45) is 0. The van der Waals surface area contributed by atoms with E-state index in [2.05, 4.69) is 196 Å². The van der Waals surface area contributed by atoms with Crippen molar-refractivity contribution in [3.63, 3.8) is 0 Å². The highest BCUT2D eigenvalue weighted by molar-refractivity contribution is 6.92. The van der Waals surface area contributed by atoms with E-state index in [1.807, 2.05) is 0 Å². The maximum atomic E-state index is 2.65. The van der Waals surface area contributed by atoms with Crippen LogP contribution < -0.4 is 15.7 Å². The van der Waals surface area contributed by atoms with E-state index >= 15 is 0 Å². The molecule has 0 atom stereocenters. The quantitative estimate of drug-likeness (QED) is 0.168. The predicted octanol–water partition coefficient (Wildman–Crippen LogP) is 10.8. The van der Waals surface area contributed by atoms with Crippen molar-refractivity contribution < 1.29 is 0 Å². The third-order valence-corrected chi connectivity index (χ3v) is 11.5. The summed E-state index contributed by atoms with van der Waals surface area (Å²) in [5, 5.41) is 5.00. The van der Waals surface area contributed by atoms with Gasteiger partial charge in [0.2, 0.25) is 0 Å². The molecular formula is C48H30BN3. The minimum atomic E-state index is 0.0353. The highest BCUT2D eigenvalue weighted by Gasteiger charge is 2.43. The van der Waals surface area contributed by atoms with Gasteiger partial charge in [0.1, 0.15) is 0 Å². The minimum Gasteiger partial charge on any atom is -0.374 e. The number of fused-ring (bicyclic) bond motifs is 18. The maximum absolute atomic E-state index is 2.65. The molecule has 0 unspecified atom stereocenters. The van der Waals surface area contributed by atoms with Crippen LogP contribution in [-0.4, -0.2) is 16.0 Å². The van der Waals surface area contributed by atoms with E-state index in [4.69, 9.17) is 0 Å². The molecule has 12 rings (SSSR count). The lowest BCUT2D eigenvalue weighted by molar-refractivity contribution is 1.17. The smallest absolute Gasteiger partial charge is 0.329 e. The van der Waals surface area contributed by atoms with E-state index in [0.29, 0.717) is 0 Å². The molecule has 0 aliphatic carbocycles. The number of hydrogen-bond donors (Lipinski definition) is 0. The molecule has 8 aromatic carbocycles. The van der Waals surface area contributed by atoms with E-state index in [-0.39, 0.29) is 6.85 Å². The van der Waals surface area contributed by atoms with Crippen molar-refractivity contribution in [1.29, 1.82) is 0 Å². The van der Waals surface area contributed by atoms with Gasteiger partial charge in [-0.25, -0.2) is 0 Å². The Bertz CT molecular complexity index is 3080. The summed E-state index contributed by atoms with van der Waals surface area (Å²) in [4.78, 5) is 2.65. The standard InChI is InChI=1S/C48H30BN3/c1-3-15-31(16-4-1)50-43-25-13-9-22-36(43)39-29-46-40(30-45(39)50)38-28-27-37-34-20-8-12-24-42(34)49-41-23-11-7-19-33(41)35-21-10-14-26-44(35)52(49)48(37)47(38)51(46)32-17-5-2-6-18-32/h1-30H. The minimum absolute atomic E-state index is 0.0353. The lowest BCUT2D eigenvalue weighted by Gasteiger charge is -2.43. The Balaban J connectivity index is 1.28. The predicted molar refractivity (Wildman–Crippen MR) is 220 cm³/mol. The molecule has 2 aliphatic heterocycles. The van der Waals surface area contributed by atoms with Gasteiger partial charge in [0, 0.05) is 49.7 Å². The van der Waals surface area contributed by atoms with Gasteiger partial charge in [-0.2, -0.15) is 0 Å². The number of benzene rings is 8. The third kappa shape index (κ3) is 3.60. The fourth-order valence-corrected chi connectivity index (χ4v) is 9.42. The number of nitrogens with zero attached hydrogens (tertiary/aromatic N) is 3. The molecule has 52 heavy (non-hydrogen) atoms. The first-order chi connectivity index (χ1) is 25.8. The molecule has 0 saturated carbocycles. The summed E-state index contributed by atoms with van der Waals surface area (Å²) >= 11 is 0. The largest absolute Gasteiger partial charge is 0.374 e. The van der Waals surface area contributed by atoms with Crippen LogP contribution in [0.4, 0.5) is 11.4 Å². The number of para-hydroxylation sites is 4. The van der Waals surface area contributed by atoms with Gasteiger partial charge in [-0.1, -0.05) is 133 Å². The lowest BCUT2D eigenvalue weighted by Crippen LogP contribution is -2.59. The second kappa shape index (κ2) is 10.4. The Morgan fingerprint density at radius 3 is 1.62 bits per heavy atom. The molecular weight excluding hydrogens is 629 g/mol. The van der Waals surface area contributed by atoms with Crippen molar-refractivity contribution in [2.45, 2.75) is 0 Å². The maximum Gasteiger partial charge on any atom is 0.329 e. The van der Waals surface area contributed by atoms with Gasteiger partial charge in [0.15, 0.2) is 0 Å². The summed E-state index contributed by atoms with van der Waals surface area (Å²) in [6.45, 7) is 0.0353. The highest BCUT2D eigenvalue weighted by atomic mass is 15.1. The zero-order chi connectivity index (χ0) is 33.9. The second-order valence-electron chi connectivity index (χ2n) is 14.1. The zero-order valence-corrected chi connectivity index (χ0v) is 28.2. The second-order valence-corrected chi connectivity index (χ2v) is 14.1. The molecule has 0 spiro atoms. The highest BCUT2D eigenvalue weighted by Crippen LogP contribution is 2.51. The Hall–Kier alpha value is -6.78. The number of hydrogen-bond acceptors (Lipinski definition) is 1. The Kier molecular flexibility index (Phi) is 5.58. The summed E-state index contributed by atoms with van der Waals surface area (Å²) in [5.41, 5.74) is 17.5. The fourth-order valence-electron chi connectivity index (χ4n) is 9.42. The van der Waals surface area contributed by atoms with E-state index in [1.165, 1.54) is 93.9 Å².